The number of carboxylic acids is 1. The van der Waals surface area contributed by atoms with Crippen molar-refractivity contribution in [3.63, 3.8) is 0 Å². The molecule has 0 aliphatic carbocycles. The Hall–Kier alpha value is -2.17. The molecule has 0 radical (unpaired) electrons. The van der Waals surface area contributed by atoms with Crippen molar-refractivity contribution in [2.24, 2.45) is 0 Å². The Morgan fingerprint density at radius 3 is 2.30 bits per heavy atom. The van der Waals surface area contributed by atoms with Crippen LogP contribution in [0.1, 0.15) is 36.6 Å². The molecule has 0 aliphatic rings. The van der Waals surface area contributed by atoms with Crippen molar-refractivity contribution in [2.75, 3.05) is 0 Å². The van der Waals surface area contributed by atoms with Crippen molar-refractivity contribution in [2.45, 2.75) is 38.5 Å². The summed E-state index contributed by atoms with van der Waals surface area (Å²) in [4.78, 5) is 10.4. The largest absolute Gasteiger partial charge is 0.481 e. The van der Waals surface area contributed by atoms with Crippen molar-refractivity contribution < 1.29 is 14.3 Å². The lowest BCUT2D eigenvalue weighted by atomic mass is 10.1. The van der Waals surface area contributed by atoms with E-state index in [0.29, 0.717) is 24.6 Å². The molecule has 2 aromatic rings. The lowest BCUT2D eigenvalue weighted by Gasteiger charge is -1.98. The monoisotopic (exact) mass is 274 g/mol. The molecule has 2 rings (SSSR count). The lowest BCUT2D eigenvalue weighted by molar-refractivity contribution is -0.137. The molecule has 1 N–H and O–H groups in total. The summed E-state index contributed by atoms with van der Waals surface area (Å²) < 4.78 is 5.49. The van der Waals surface area contributed by atoms with Gasteiger partial charge in [-0.15, -0.1) is 10.2 Å². The molecule has 0 saturated carbocycles. The van der Waals surface area contributed by atoms with Crippen LogP contribution in [0.15, 0.2) is 34.7 Å². The molecule has 5 heteroatoms. The van der Waals surface area contributed by atoms with Gasteiger partial charge in [-0.2, -0.15) is 0 Å². The number of nitrogens with zero attached hydrogens (tertiary/aromatic N) is 2. The van der Waals surface area contributed by atoms with Crippen molar-refractivity contribution in [3.8, 4) is 0 Å². The molecule has 5 nitrogen and oxygen atoms in total. The number of aryl methyl sites for hydroxylation is 3. The molecule has 0 bridgehead atoms. The SMILES string of the molecule is O=C(O)CCCc1nnc(CCCc2ccccc2)o1. The standard InChI is InChI=1S/C15H18N2O3/c18-15(19)11-5-10-14-17-16-13(20-14)9-4-8-12-6-2-1-3-7-12/h1-3,6-7H,4-5,8-11H2,(H,18,19). The minimum atomic E-state index is -0.799. The zero-order valence-electron chi connectivity index (χ0n) is 11.3. The second-order valence-corrected chi connectivity index (χ2v) is 4.68. The van der Waals surface area contributed by atoms with E-state index < -0.39 is 5.97 Å². The molecule has 0 fully saturated rings. The van der Waals surface area contributed by atoms with E-state index in [1.165, 1.54) is 5.56 Å². The summed E-state index contributed by atoms with van der Waals surface area (Å²) in [6.07, 6.45) is 3.88. The van der Waals surface area contributed by atoms with Gasteiger partial charge < -0.3 is 9.52 Å². The number of aromatic nitrogens is 2. The maximum Gasteiger partial charge on any atom is 0.303 e. The first-order chi connectivity index (χ1) is 9.74. The second kappa shape index (κ2) is 7.43. The Bertz CT molecular complexity index is 537. The quantitative estimate of drug-likeness (QED) is 0.800. The van der Waals surface area contributed by atoms with E-state index >= 15 is 0 Å². The van der Waals surface area contributed by atoms with Gasteiger partial charge in [0.05, 0.1) is 0 Å². The molecule has 0 saturated heterocycles. The van der Waals surface area contributed by atoms with Crippen molar-refractivity contribution in [1.82, 2.24) is 10.2 Å². The van der Waals surface area contributed by atoms with E-state index in [4.69, 9.17) is 9.52 Å². The van der Waals surface area contributed by atoms with Gasteiger partial charge in [0.15, 0.2) is 0 Å². The van der Waals surface area contributed by atoms with Crippen molar-refractivity contribution in [1.29, 1.82) is 0 Å². The molecular formula is C15H18N2O3. The first-order valence-electron chi connectivity index (χ1n) is 6.81. The summed E-state index contributed by atoms with van der Waals surface area (Å²) >= 11 is 0. The molecule has 0 aliphatic heterocycles. The van der Waals surface area contributed by atoms with Gasteiger partial charge in [-0.3, -0.25) is 4.79 Å². The molecule has 0 amide bonds. The highest BCUT2D eigenvalue weighted by Crippen LogP contribution is 2.09. The van der Waals surface area contributed by atoms with Crippen LogP contribution in [0.3, 0.4) is 0 Å². The third-order valence-corrected chi connectivity index (χ3v) is 2.99. The zero-order chi connectivity index (χ0) is 14.2. The van der Waals surface area contributed by atoms with Crippen LogP contribution in [-0.2, 0) is 24.1 Å². The van der Waals surface area contributed by atoms with Gasteiger partial charge in [-0.1, -0.05) is 30.3 Å². The number of hydrogen-bond acceptors (Lipinski definition) is 4. The summed E-state index contributed by atoms with van der Waals surface area (Å²) in [5, 5.41) is 16.5. The first kappa shape index (κ1) is 14.2. The van der Waals surface area contributed by atoms with Gasteiger partial charge in [-0.05, 0) is 24.8 Å². The minimum absolute atomic E-state index is 0.131. The third-order valence-electron chi connectivity index (χ3n) is 2.99. The van der Waals surface area contributed by atoms with Crippen LogP contribution >= 0.6 is 0 Å². The van der Waals surface area contributed by atoms with E-state index in [-0.39, 0.29) is 6.42 Å². The molecule has 1 aromatic heterocycles. The highest BCUT2D eigenvalue weighted by molar-refractivity contribution is 5.66. The molecule has 0 atom stereocenters. The first-order valence-corrected chi connectivity index (χ1v) is 6.81. The number of hydrogen-bond donors (Lipinski definition) is 1. The number of aliphatic carboxylic acids is 1. The Morgan fingerprint density at radius 1 is 1.00 bits per heavy atom. The summed E-state index contributed by atoms with van der Waals surface area (Å²) in [6, 6.07) is 10.3. The Kier molecular flexibility index (Phi) is 5.29. The van der Waals surface area contributed by atoms with E-state index in [1.54, 1.807) is 0 Å². The van der Waals surface area contributed by atoms with Crippen LogP contribution in [0.2, 0.25) is 0 Å². The predicted molar refractivity (Wildman–Crippen MR) is 73.3 cm³/mol. The van der Waals surface area contributed by atoms with Crippen LogP contribution in [0.5, 0.6) is 0 Å². The predicted octanol–water partition coefficient (Wildman–Crippen LogP) is 2.65. The van der Waals surface area contributed by atoms with Crippen molar-refractivity contribution in [3.05, 3.63) is 47.7 Å². The Labute approximate surface area is 117 Å². The van der Waals surface area contributed by atoms with E-state index in [9.17, 15) is 4.79 Å². The number of carbonyl (C=O) groups is 1. The van der Waals surface area contributed by atoms with Gasteiger partial charge in [0.25, 0.3) is 0 Å². The van der Waals surface area contributed by atoms with Crippen LogP contribution in [-0.4, -0.2) is 21.3 Å². The molecule has 0 spiro atoms. The normalized spacial score (nSPS) is 10.6. The van der Waals surface area contributed by atoms with Gasteiger partial charge in [0.1, 0.15) is 0 Å². The fourth-order valence-corrected chi connectivity index (χ4v) is 1.97. The maximum absolute atomic E-state index is 10.4. The Morgan fingerprint density at radius 2 is 1.65 bits per heavy atom. The van der Waals surface area contributed by atoms with E-state index in [0.717, 1.165) is 19.3 Å². The molecule has 106 valence electrons. The molecular weight excluding hydrogens is 256 g/mol. The topological polar surface area (TPSA) is 76.2 Å². The smallest absolute Gasteiger partial charge is 0.303 e. The van der Waals surface area contributed by atoms with Crippen LogP contribution in [0.4, 0.5) is 0 Å². The average molecular weight is 274 g/mol. The second-order valence-electron chi connectivity index (χ2n) is 4.68. The Balaban J connectivity index is 1.71. The fourth-order valence-electron chi connectivity index (χ4n) is 1.97. The molecule has 1 aromatic carbocycles. The third kappa shape index (κ3) is 4.84. The summed E-state index contributed by atoms with van der Waals surface area (Å²) in [6.45, 7) is 0. The van der Waals surface area contributed by atoms with Gasteiger partial charge >= 0.3 is 5.97 Å². The summed E-state index contributed by atoms with van der Waals surface area (Å²) in [5.74, 6) is 0.361. The minimum Gasteiger partial charge on any atom is -0.481 e. The maximum atomic E-state index is 10.4. The molecule has 0 unspecified atom stereocenters. The number of benzene rings is 1. The number of rotatable bonds is 8. The fraction of sp³-hybridized carbons (Fsp3) is 0.400. The summed E-state index contributed by atoms with van der Waals surface area (Å²) in [5.41, 5.74) is 1.30. The van der Waals surface area contributed by atoms with E-state index in [2.05, 4.69) is 22.3 Å². The van der Waals surface area contributed by atoms with Crippen LogP contribution in [0.25, 0.3) is 0 Å². The molecule has 20 heavy (non-hydrogen) atoms. The highest BCUT2D eigenvalue weighted by Gasteiger charge is 2.07. The van der Waals surface area contributed by atoms with Crippen LogP contribution < -0.4 is 0 Å². The van der Waals surface area contributed by atoms with E-state index in [1.807, 2.05) is 18.2 Å². The number of carboxylic acid groups (broad SMARTS) is 1. The van der Waals surface area contributed by atoms with Crippen molar-refractivity contribution >= 4 is 5.97 Å². The van der Waals surface area contributed by atoms with Gasteiger partial charge in [0.2, 0.25) is 11.8 Å². The van der Waals surface area contributed by atoms with Gasteiger partial charge in [-0.25, -0.2) is 0 Å². The highest BCUT2D eigenvalue weighted by atomic mass is 16.4. The van der Waals surface area contributed by atoms with Crippen LogP contribution in [0, 0.1) is 0 Å². The lowest BCUT2D eigenvalue weighted by Crippen LogP contribution is -1.95. The average Bonchev–Trinajstić information content (AvgIpc) is 2.87. The summed E-state index contributed by atoms with van der Waals surface area (Å²) in [7, 11) is 0. The van der Waals surface area contributed by atoms with Gasteiger partial charge in [0, 0.05) is 19.3 Å². The molecule has 1 heterocycles. The zero-order valence-corrected chi connectivity index (χ0v) is 11.3.